The maximum atomic E-state index is 11.0. The third kappa shape index (κ3) is 3.32. The highest BCUT2D eigenvalue weighted by molar-refractivity contribution is 5.92. The minimum absolute atomic E-state index is 0. The molecule has 4 nitrogen and oxygen atoms in total. The van der Waals surface area contributed by atoms with Crippen molar-refractivity contribution in [1.29, 1.82) is 0 Å². The maximum absolute atomic E-state index is 11.0. The Hall–Kier alpha value is -1.10. The van der Waals surface area contributed by atoms with Gasteiger partial charge in [0.2, 0.25) is 5.91 Å². The van der Waals surface area contributed by atoms with E-state index in [4.69, 9.17) is 5.73 Å². The molecule has 0 bridgehead atoms. The molecular formula is C15H22ClN3O. The molecule has 2 fully saturated rings. The quantitative estimate of drug-likeness (QED) is 0.886. The van der Waals surface area contributed by atoms with Crippen molar-refractivity contribution in [3.8, 4) is 0 Å². The summed E-state index contributed by atoms with van der Waals surface area (Å²) in [6.07, 6.45) is 2.56. The van der Waals surface area contributed by atoms with Crippen molar-refractivity contribution in [1.82, 2.24) is 10.2 Å². The molecule has 2 aliphatic rings. The van der Waals surface area contributed by atoms with Gasteiger partial charge in [0, 0.05) is 24.7 Å². The number of benzene rings is 1. The number of nitrogens with one attached hydrogen (secondary N) is 1. The molecule has 0 saturated carbocycles. The van der Waals surface area contributed by atoms with Crippen LogP contribution in [0.2, 0.25) is 0 Å². The van der Waals surface area contributed by atoms with Gasteiger partial charge in [0.15, 0.2) is 0 Å². The molecule has 3 N–H and O–H groups in total. The maximum Gasteiger partial charge on any atom is 0.248 e. The predicted molar refractivity (Wildman–Crippen MR) is 82.0 cm³/mol. The zero-order valence-corrected chi connectivity index (χ0v) is 12.4. The van der Waals surface area contributed by atoms with Gasteiger partial charge in [-0.3, -0.25) is 9.69 Å². The minimum atomic E-state index is -0.357. The van der Waals surface area contributed by atoms with Crippen molar-refractivity contribution in [2.75, 3.05) is 19.6 Å². The third-order valence-corrected chi connectivity index (χ3v) is 4.38. The Labute approximate surface area is 126 Å². The molecule has 1 aromatic carbocycles. The number of hydrogen-bond acceptors (Lipinski definition) is 3. The molecule has 0 spiro atoms. The first-order valence-electron chi connectivity index (χ1n) is 7.07. The molecule has 20 heavy (non-hydrogen) atoms. The van der Waals surface area contributed by atoms with Crippen molar-refractivity contribution in [3.05, 3.63) is 35.4 Å². The lowest BCUT2D eigenvalue weighted by molar-refractivity contribution is 0.1000. The van der Waals surface area contributed by atoms with Crippen molar-refractivity contribution in [2.24, 2.45) is 11.7 Å². The normalized spacial score (nSPS) is 25.8. The van der Waals surface area contributed by atoms with Crippen LogP contribution in [0, 0.1) is 5.92 Å². The van der Waals surface area contributed by atoms with Gasteiger partial charge in [0.25, 0.3) is 0 Å². The van der Waals surface area contributed by atoms with Crippen LogP contribution in [0.4, 0.5) is 0 Å². The summed E-state index contributed by atoms with van der Waals surface area (Å²) in [5.41, 5.74) is 7.09. The average Bonchev–Trinajstić information content (AvgIpc) is 2.87. The number of fused-ring (bicyclic) bond motifs is 1. The van der Waals surface area contributed by atoms with E-state index in [1.165, 1.54) is 31.5 Å². The van der Waals surface area contributed by atoms with Gasteiger partial charge in [-0.1, -0.05) is 12.1 Å². The molecule has 2 heterocycles. The van der Waals surface area contributed by atoms with Crippen LogP contribution < -0.4 is 11.1 Å². The molecule has 2 unspecified atom stereocenters. The fourth-order valence-electron chi connectivity index (χ4n) is 3.30. The van der Waals surface area contributed by atoms with E-state index < -0.39 is 0 Å². The highest BCUT2D eigenvalue weighted by Crippen LogP contribution is 2.25. The Morgan fingerprint density at radius 2 is 2.05 bits per heavy atom. The van der Waals surface area contributed by atoms with Crippen molar-refractivity contribution >= 4 is 18.3 Å². The largest absolute Gasteiger partial charge is 0.366 e. The Morgan fingerprint density at radius 1 is 1.30 bits per heavy atom. The lowest BCUT2D eigenvalue weighted by Crippen LogP contribution is -2.43. The molecular weight excluding hydrogens is 274 g/mol. The number of carbonyl (C=O) groups is 1. The lowest BCUT2D eigenvalue weighted by atomic mass is 9.93. The summed E-state index contributed by atoms with van der Waals surface area (Å²) in [5.74, 6) is 0.461. The summed E-state index contributed by atoms with van der Waals surface area (Å²) >= 11 is 0. The molecule has 1 amide bonds. The topological polar surface area (TPSA) is 58.4 Å². The molecule has 2 atom stereocenters. The van der Waals surface area contributed by atoms with Gasteiger partial charge in [0.05, 0.1) is 0 Å². The van der Waals surface area contributed by atoms with Crippen LogP contribution in [0.3, 0.4) is 0 Å². The Bertz CT molecular complexity index is 463. The zero-order chi connectivity index (χ0) is 13.2. The van der Waals surface area contributed by atoms with Gasteiger partial charge in [-0.05, 0) is 49.5 Å². The molecule has 2 saturated heterocycles. The summed E-state index contributed by atoms with van der Waals surface area (Å²) in [6, 6.07) is 8.41. The Morgan fingerprint density at radius 3 is 2.75 bits per heavy atom. The van der Waals surface area contributed by atoms with Crippen LogP contribution in [0.15, 0.2) is 24.3 Å². The van der Waals surface area contributed by atoms with Gasteiger partial charge in [-0.15, -0.1) is 12.4 Å². The molecule has 0 aromatic heterocycles. The van der Waals surface area contributed by atoms with Crippen molar-refractivity contribution in [3.63, 3.8) is 0 Å². The predicted octanol–water partition coefficient (Wildman–Crippen LogP) is 1.39. The Balaban J connectivity index is 0.00000147. The first-order valence-corrected chi connectivity index (χ1v) is 7.07. The highest BCUT2D eigenvalue weighted by atomic mass is 35.5. The summed E-state index contributed by atoms with van der Waals surface area (Å²) in [4.78, 5) is 13.6. The van der Waals surface area contributed by atoms with Crippen molar-refractivity contribution in [2.45, 2.75) is 25.4 Å². The van der Waals surface area contributed by atoms with Crippen LogP contribution in [0.5, 0.6) is 0 Å². The number of hydrogen-bond donors (Lipinski definition) is 2. The van der Waals surface area contributed by atoms with Crippen LogP contribution in [0.25, 0.3) is 0 Å². The summed E-state index contributed by atoms with van der Waals surface area (Å²) in [6.45, 7) is 4.50. The molecule has 3 rings (SSSR count). The molecule has 110 valence electrons. The molecule has 2 aliphatic heterocycles. The molecule has 0 radical (unpaired) electrons. The average molecular weight is 296 g/mol. The van der Waals surface area contributed by atoms with Crippen molar-refractivity contribution < 1.29 is 4.79 Å². The van der Waals surface area contributed by atoms with E-state index >= 15 is 0 Å². The second-order valence-electron chi connectivity index (χ2n) is 5.69. The minimum Gasteiger partial charge on any atom is -0.366 e. The Kier molecular flexibility index (Phi) is 5.02. The first kappa shape index (κ1) is 15.3. The number of rotatable bonds is 3. The molecule has 1 aromatic rings. The van der Waals surface area contributed by atoms with Crippen LogP contribution in [0.1, 0.15) is 28.8 Å². The van der Waals surface area contributed by atoms with Gasteiger partial charge in [-0.2, -0.15) is 0 Å². The van der Waals surface area contributed by atoms with Crippen LogP contribution >= 0.6 is 12.4 Å². The van der Waals surface area contributed by atoms with E-state index in [1.54, 1.807) is 0 Å². The SMILES string of the molecule is Cl.NC(=O)c1ccc(CN2CCC3NCCC3C2)cc1. The fraction of sp³-hybridized carbons (Fsp3) is 0.533. The number of primary amides is 1. The number of carbonyl (C=O) groups excluding carboxylic acids is 1. The number of likely N-dealkylation sites (tertiary alicyclic amines) is 1. The summed E-state index contributed by atoms with van der Waals surface area (Å²) in [7, 11) is 0. The van der Waals surface area contributed by atoms with E-state index in [9.17, 15) is 4.79 Å². The molecule has 5 heteroatoms. The summed E-state index contributed by atoms with van der Waals surface area (Å²) < 4.78 is 0. The number of piperidine rings is 1. The summed E-state index contributed by atoms with van der Waals surface area (Å²) in [5, 5.41) is 3.58. The van der Waals surface area contributed by atoms with E-state index in [2.05, 4.69) is 10.2 Å². The van der Waals surface area contributed by atoms with Crippen LogP contribution in [-0.4, -0.2) is 36.5 Å². The van der Waals surface area contributed by atoms with Gasteiger partial charge in [0.1, 0.15) is 0 Å². The van der Waals surface area contributed by atoms with Gasteiger partial charge in [-0.25, -0.2) is 0 Å². The number of nitrogens with two attached hydrogens (primary N) is 1. The number of nitrogens with zero attached hydrogens (tertiary/aromatic N) is 1. The second kappa shape index (κ2) is 6.57. The highest BCUT2D eigenvalue weighted by Gasteiger charge is 2.32. The van der Waals surface area contributed by atoms with E-state index in [0.29, 0.717) is 5.56 Å². The number of halogens is 1. The fourth-order valence-corrected chi connectivity index (χ4v) is 3.30. The lowest BCUT2D eigenvalue weighted by Gasteiger charge is -2.34. The standard InChI is InChI=1S/C15H21N3O.ClH/c16-15(19)12-3-1-11(2-4-12)9-18-8-6-14-13(10-18)5-7-17-14;/h1-4,13-14,17H,5-10H2,(H2,16,19);1H. The van der Waals surface area contributed by atoms with E-state index in [0.717, 1.165) is 25.0 Å². The molecule has 0 aliphatic carbocycles. The third-order valence-electron chi connectivity index (χ3n) is 4.38. The monoisotopic (exact) mass is 295 g/mol. The van der Waals surface area contributed by atoms with Gasteiger partial charge >= 0.3 is 0 Å². The zero-order valence-electron chi connectivity index (χ0n) is 11.5. The number of amides is 1. The first-order chi connectivity index (χ1) is 9.22. The van der Waals surface area contributed by atoms with E-state index in [-0.39, 0.29) is 18.3 Å². The van der Waals surface area contributed by atoms with E-state index in [1.807, 2.05) is 24.3 Å². The second-order valence-corrected chi connectivity index (χ2v) is 5.69. The van der Waals surface area contributed by atoms with Gasteiger partial charge < -0.3 is 11.1 Å². The van der Waals surface area contributed by atoms with Crippen LogP contribution in [-0.2, 0) is 6.54 Å². The smallest absolute Gasteiger partial charge is 0.248 e.